The van der Waals surface area contributed by atoms with E-state index in [1.807, 2.05) is 45.9 Å². The van der Waals surface area contributed by atoms with Gasteiger partial charge in [0, 0.05) is 38.8 Å². The maximum absolute atomic E-state index is 12.7. The molecule has 0 spiro atoms. The number of β-amino-alcohol motifs (C(OH)–C–C–N with tert-alkyl or cyclic N) is 1. The van der Waals surface area contributed by atoms with Crippen LogP contribution in [0, 0.1) is 13.8 Å². The van der Waals surface area contributed by atoms with Crippen molar-refractivity contribution in [1.29, 1.82) is 0 Å². The maximum atomic E-state index is 12.7. The maximum Gasteiger partial charge on any atom is 0.267 e. The average Bonchev–Trinajstić information content (AvgIpc) is 3.31. The van der Waals surface area contributed by atoms with E-state index in [2.05, 4.69) is 35.4 Å². The molecular weight excluding hydrogens is 486 g/mol. The van der Waals surface area contributed by atoms with Gasteiger partial charge in [0.2, 0.25) is 0 Å². The number of rotatable bonds is 7. The molecule has 11 heteroatoms. The number of anilines is 4. The Bertz CT molecular complexity index is 1110. The zero-order valence-corrected chi connectivity index (χ0v) is 22.1. The van der Waals surface area contributed by atoms with Crippen molar-refractivity contribution >= 4 is 51.3 Å². The van der Waals surface area contributed by atoms with E-state index in [1.165, 1.54) is 17.5 Å². The number of nitrogens with one attached hydrogen (secondary N) is 2. The molecule has 1 aromatic carbocycles. The molecule has 0 saturated carbocycles. The number of aromatic nitrogens is 3. The third-order valence-electron chi connectivity index (χ3n) is 5.36. The molecule has 2 aromatic heterocycles. The van der Waals surface area contributed by atoms with E-state index in [-0.39, 0.29) is 12.5 Å². The van der Waals surface area contributed by atoms with Crippen molar-refractivity contribution in [3.05, 3.63) is 51.7 Å². The number of carbonyl (C=O) groups is 1. The molecule has 0 bridgehead atoms. The number of hydrogen-bond donors (Lipinski definition) is 3. The van der Waals surface area contributed by atoms with E-state index in [0.717, 1.165) is 37.6 Å². The summed E-state index contributed by atoms with van der Waals surface area (Å²) in [6.07, 6.45) is 1.53. The number of piperazine rings is 1. The van der Waals surface area contributed by atoms with Crippen LogP contribution in [0.3, 0.4) is 0 Å². The first-order chi connectivity index (χ1) is 16.9. The van der Waals surface area contributed by atoms with Crippen molar-refractivity contribution in [3.8, 4) is 0 Å². The van der Waals surface area contributed by atoms with Crippen LogP contribution >= 0.6 is 22.9 Å². The second-order valence-corrected chi connectivity index (χ2v) is 9.19. The molecule has 0 radical (unpaired) electrons. The third-order valence-corrected chi connectivity index (χ3v) is 6.59. The molecule has 1 saturated heterocycles. The van der Waals surface area contributed by atoms with Gasteiger partial charge in [0.05, 0.1) is 23.5 Å². The van der Waals surface area contributed by atoms with Crippen LogP contribution in [0.2, 0.25) is 5.02 Å². The molecule has 3 N–H and O–H groups in total. The lowest BCUT2D eigenvalue weighted by molar-refractivity contribution is 0.103. The predicted octanol–water partition coefficient (Wildman–Crippen LogP) is 4.34. The number of aliphatic hydroxyl groups is 1. The Labute approximate surface area is 215 Å². The van der Waals surface area contributed by atoms with E-state index < -0.39 is 0 Å². The minimum absolute atomic E-state index is 0.173. The van der Waals surface area contributed by atoms with Gasteiger partial charge >= 0.3 is 0 Å². The van der Waals surface area contributed by atoms with Crippen LogP contribution in [0.25, 0.3) is 0 Å². The lowest BCUT2D eigenvalue weighted by atomic mass is 10.2. The van der Waals surface area contributed by atoms with Gasteiger partial charge in [-0.1, -0.05) is 48.9 Å². The van der Waals surface area contributed by atoms with E-state index in [1.54, 1.807) is 6.07 Å². The normalized spacial score (nSPS) is 13.7. The van der Waals surface area contributed by atoms with Crippen LogP contribution in [-0.2, 0) is 0 Å². The lowest BCUT2D eigenvalue weighted by Crippen LogP contribution is -2.47. The fourth-order valence-electron chi connectivity index (χ4n) is 3.63. The first-order valence-electron chi connectivity index (χ1n) is 11.7. The summed E-state index contributed by atoms with van der Waals surface area (Å²) in [6, 6.07) is 7.37. The number of carbonyl (C=O) groups excluding carboxylic acids is 1. The summed E-state index contributed by atoms with van der Waals surface area (Å²) >= 11 is 7.46. The molecule has 188 valence electrons. The van der Waals surface area contributed by atoms with Crippen molar-refractivity contribution in [2.24, 2.45) is 0 Å². The second kappa shape index (κ2) is 12.8. The summed E-state index contributed by atoms with van der Waals surface area (Å²) in [7, 11) is 0. The Morgan fingerprint density at radius 2 is 1.91 bits per heavy atom. The summed E-state index contributed by atoms with van der Waals surface area (Å²) in [5.41, 5.74) is 1.49. The Balaban J connectivity index is 0.00000167. The molecule has 1 fully saturated rings. The summed E-state index contributed by atoms with van der Waals surface area (Å²) < 4.78 is 0. The molecule has 1 amide bonds. The Morgan fingerprint density at radius 3 is 2.60 bits per heavy atom. The minimum Gasteiger partial charge on any atom is -0.395 e. The van der Waals surface area contributed by atoms with Gasteiger partial charge in [-0.05, 0) is 25.5 Å². The van der Waals surface area contributed by atoms with Gasteiger partial charge < -0.3 is 20.6 Å². The molecule has 3 aromatic rings. The lowest BCUT2D eigenvalue weighted by Gasteiger charge is -2.35. The molecular formula is C24H32ClN7O2S. The van der Waals surface area contributed by atoms with Gasteiger partial charge in [-0.3, -0.25) is 9.69 Å². The molecule has 0 unspecified atom stereocenters. The van der Waals surface area contributed by atoms with Gasteiger partial charge in [0.15, 0.2) is 5.13 Å². The highest BCUT2D eigenvalue weighted by molar-refractivity contribution is 7.17. The molecule has 9 nitrogen and oxygen atoms in total. The predicted molar refractivity (Wildman–Crippen MR) is 143 cm³/mol. The highest BCUT2D eigenvalue weighted by Crippen LogP contribution is 2.28. The van der Waals surface area contributed by atoms with E-state index in [4.69, 9.17) is 16.7 Å². The Morgan fingerprint density at radius 1 is 1.17 bits per heavy atom. The summed E-state index contributed by atoms with van der Waals surface area (Å²) in [5.74, 6) is 1.85. The van der Waals surface area contributed by atoms with Crippen molar-refractivity contribution in [2.45, 2.75) is 27.7 Å². The zero-order chi connectivity index (χ0) is 25.4. The van der Waals surface area contributed by atoms with Gasteiger partial charge in [-0.25, -0.2) is 15.0 Å². The number of halogens is 1. The van der Waals surface area contributed by atoms with Crippen molar-refractivity contribution in [3.63, 3.8) is 0 Å². The minimum atomic E-state index is -0.267. The van der Waals surface area contributed by atoms with E-state index in [0.29, 0.717) is 38.9 Å². The number of aliphatic hydroxyl groups excluding tert-OH is 1. The first-order valence-corrected chi connectivity index (χ1v) is 12.9. The molecule has 1 aliphatic rings. The number of hydrogen-bond acceptors (Lipinski definition) is 9. The van der Waals surface area contributed by atoms with E-state index in [9.17, 15) is 4.79 Å². The highest BCUT2D eigenvalue weighted by atomic mass is 35.5. The molecule has 4 rings (SSSR count). The third kappa shape index (κ3) is 7.11. The summed E-state index contributed by atoms with van der Waals surface area (Å²) in [4.78, 5) is 31.0. The number of para-hydroxylation sites is 1. The number of aryl methyl sites for hydroxylation is 2. The smallest absolute Gasteiger partial charge is 0.267 e. The topological polar surface area (TPSA) is 107 Å². The van der Waals surface area contributed by atoms with E-state index >= 15 is 0 Å². The largest absolute Gasteiger partial charge is 0.395 e. The molecule has 3 heterocycles. The van der Waals surface area contributed by atoms with Gasteiger partial charge in [-0.2, -0.15) is 0 Å². The van der Waals surface area contributed by atoms with Crippen LogP contribution in [0.5, 0.6) is 0 Å². The van der Waals surface area contributed by atoms with Crippen LogP contribution in [0.15, 0.2) is 30.5 Å². The van der Waals surface area contributed by atoms with Crippen molar-refractivity contribution < 1.29 is 9.90 Å². The van der Waals surface area contributed by atoms with Gasteiger partial charge in [-0.15, -0.1) is 0 Å². The summed E-state index contributed by atoms with van der Waals surface area (Å²) in [6.45, 7) is 12.0. The number of benzene rings is 1. The monoisotopic (exact) mass is 517 g/mol. The Hall–Kier alpha value is -2.79. The fourth-order valence-corrected chi connectivity index (χ4v) is 4.62. The summed E-state index contributed by atoms with van der Waals surface area (Å²) in [5, 5.41) is 16.2. The molecule has 1 aliphatic heterocycles. The highest BCUT2D eigenvalue weighted by Gasteiger charge is 2.19. The van der Waals surface area contributed by atoms with Gasteiger partial charge in [0.1, 0.15) is 22.3 Å². The van der Waals surface area contributed by atoms with Crippen molar-refractivity contribution in [2.75, 3.05) is 54.9 Å². The van der Waals surface area contributed by atoms with Crippen LogP contribution in [0.4, 0.5) is 22.5 Å². The second-order valence-electron chi connectivity index (χ2n) is 7.75. The zero-order valence-electron chi connectivity index (χ0n) is 20.5. The van der Waals surface area contributed by atoms with Crippen molar-refractivity contribution in [1.82, 2.24) is 19.9 Å². The molecule has 0 aliphatic carbocycles. The molecule has 35 heavy (non-hydrogen) atoms. The standard InChI is InChI=1S/C22H26ClN7O2S.C2H6/c1-14-4-3-5-16(23)20(14)28-21(32)17-13-24-22(33-17)27-18-12-19(26-15(2)25-18)30-8-6-29(7-9-30)10-11-31;1-2/h3-5,12-13,31H,6-11H2,1-2H3,(H,28,32)(H,24,25,26,27);1-2H3. The quantitative estimate of drug-likeness (QED) is 0.425. The average molecular weight is 518 g/mol. The molecule has 0 atom stereocenters. The van der Waals surface area contributed by atoms with Crippen LogP contribution in [0.1, 0.15) is 34.9 Å². The first kappa shape index (κ1) is 26.8. The fraction of sp³-hybridized carbons (Fsp3) is 0.417. The van der Waals surface area contributed by atoms with Gasteiger partial charge in [0.25, 0.3) is 5.91 Å². The number of thiazole rings is 1. The van der Waals surface area contributed by atoms with Crippen LogP contribution in [-0.4, -0.2) is 70.2 Å². The SMILES string of the molecule is CC.Cc1nc(Nc2ncc(C(=O)Nc3c(C)cccc3Cl)s2)cc(N2CCN(CCO)CC2)n1. The Kier molecular flexibility index (Phi) is 9.79. The van der Waals surface area contributed by atoms with Crippen LogP contribution < -0.4 is 15.5 Å². The number of nitrogens with zero attached hydrogens (tertiary/aromatic N) is 5. The number of amides is 1.